The number of carbonyl (C=O) groups excluding carboxylic acids is 2. The SMILES string of the molecule is CN1CCC(=O)Nc2cc(C(=O)N3CCCNCC3)ccc21.Cl.Cl. The molecule has 1 saturated heterocycles. The van der Waals surface area contributed by atoms with Crippen LogP contribution in [0.5, 0.6) is 0 Å². The number of benzene rings is 1. The van der Waals surface area contributed by atoms with Crippen molar-refractivity contribution in [2.75, 3.05) is 50.0 Å². The first-order valence-electron chi connectivity index (χ1n) is 7.80. The molecule has 1 fully saturated rings. The van der Waals surface area contributed by atoms with Gasteiger partial charge in [0, 0.05) is 45.2 Å². The average Bonchev–Trinajstić information content (AvgIpc) is 2.87. The highest BCUT2D eigenvalue weighted by Crippen LogP contribution is 2.29. The van der Waals surface area contributed by atoms with E-state index in [1.165, 1.54) is 0 Å². The van der Waals surface area contributed by atoms with Gasteiger partial charge in [0.25, 0.3) is 5.91 Å². The third-order valence-corrected chi connectivity index (χ3v) is 4.23. The van der Waals surface area contributed by atoms with Crippen LogP contribution in [-0.4, -0.2) is 56.5 Å². The summed E-state index contributed by atoms with van der Waals surface area (Å²) < 4.78 is 0. The molecule has 2 aliphatic rings. The molecule has 6 nitrogen and oxygen atoms in total. The van der Waals surface area contributed by atoms with Crippen molar-refractivity contribution in [1.82, 2.24) is 10.2 Å². The second kappa shape index (κ2) is 9.11. The van der Waals surface area contributed by atoms with Crippen molar-refractivity contribution >= 4 is 48.0 Å². The highest BCUT2D eigenvalue weighted by molar-refractivity contribution is 6.00. The Bertz CT molecular complexity index is 589. The summed E-state index contributed by atoms with van der Waals surface area (Å²) in [4.78, 5) is 28.4. The number of hydrogen-bond acceptors (Lipinski definition) is 4. The molecule has 134 valence electrons. The van der Waals surface area contributed by atoms with Crippen LogP contribution < -0.4 is 15.5 Å². The molecule has 2 N–H and O–H groups in total. The quantitative estimate of drug-likeness (QED) is 0.785. The van der Waals surface area contributed by atoms with Crippen LogP contribution in [0.2, 0.25) is 0 Å². The molecule has 3 rings (SSSR count). The third kappa shape index (κ3) is 4.53. The standard InChI is InChI=1S/C16H22N4O2.2ClH/c1-19-9-5-15(21)18-13-11-12(3-4-14(13)19)16(22)20-8-2-6-17-7-10-20;;/h3-4,11,17H,2,5-10H2,1H3,(H,18,21);2*1H. The smallest absolute Gasteiger partial charge is 0.253 e. The van der Waals surface area contributed by atoms with Crippen LogP contribution in [0.25, 0.3) is 0 Å². The molecule has 1 aromatic carbocycles. The Labute approximate surface area is 154 Å². The number of rotatable bonds is 1. The Hall–Kier alpha value is -1.50. The molecule has 2 amide bonds. The molecule has 0 unspecified atom stereocenters. The molecular formula is C16H24Cl2N4O2. The zero-order chi connectivity index (χ0) is 15.5. The van der Waals surface area contributed by atoms with Gasteiger partial charge in [0.1, 0.15) is 0 Å². The lowest BCUT2D eigenvalue weighted by Gasteiger charge is -2.22. The molecule has 8 heteroatoms. The molecule has 24 heavy (non-hydrogen) atoms. The van der Waals surface area contributed by atoms with E-state index in [-0.39, 0.29) is 36.6 Å². The zero-order valence-corrected chi connectivity index (χ0v) is 15.3. The van der Waals surface area contributed by atoms with Gasteiger partial charge in [-0.1, -0.05) is 0 Å². The Balaban J connectivity index is 0.00000144. The molecule has 0 spiro atoms. The lowest BCUT2D eigenvalue weighted by molar-refractivity contribution is -0.115. The summed E-state index contributed by atoms with van der Waals surface area (Å²) in [5, 5.41) is 6.20. The lowest BCUT2D eigenvalue weighted by atomic mass is 10.1. The number of nitrogens with zero attached hydrogens (tertiary/aromatic N) is 2. The van der Waals surface area contributed by atoms with Crippen LogP contribution in [-0.2, 0) is 4.79 Å². The number of carbonyl (C=O) groups is 2. The van der Waals surface area contributed by atoms with Gasteiger partial charge in [-0.2, -0.15) is 0 Å². The topological polar surface area (TPSA) is 64.7 Å². The Morgan fingerprint density at radius 1 is 1.12 bits per heavy atom. The van der Waals surface area contributed by atoms with E-state index >= 15 is 0 Å². The van der Waals surface area contributed by atoms with Crippen LogP contribution >= 0.6 is 24.8 Å². The summed E-state index contributed by atoms with van der Waals surface area (Å²) >= 11 is 0. The van der Waals surface area contributed by atoms with Crippen molar-refractivity contribution < 1.29 is 9.59 Å². The molecule has 0 bridgehead atoms. The second-order valence-corrected chi connectivity index (χ2v) is 5.85. The fourth-order valence-electron chi connectivity index (χ4n) is 2.94. The van der Waals surface area contributed by atoms with Crippen LogP contribution in [0.4, 0.5) is 11.4 Å². The van der Waals surface area contributed by atoms with Gasteiger partial charge in [-0.05, 0) is 31.2 Å². The van der Waals surface area contributed by atoms with Gasteiger partial charge in [-0.25, -0.2) is 0 Å². The van der Waals surface area contributed by atoms with Crippen molar-refractivity contribution in [2.24, 2.45) is 0 Å². The van der Waals surface area contributed by atoms with Gasteiger partial charge in [0.05, 0.1) is 11.4 Å². The summed E-state index contributed by atoms with van der Waals surface area (Å²) in [5.74, 6) is 0.0295. The molecule has 0 aliphatic carbocycles. The van der Waals surface area contributed by atoms with E-state index in [1.807, 2.05) is 29.0 Å². The molecule has 1 aromatic rings. The first-order chi connectivity index (χ1) is 10.6. The third-order valence-electron chi connectivity index (χ3n) is 4.23. The van der Waals surface area contributed by atoms with Gasteiger partial charge >= 0.3 is 0 Å². The number of fused-ring (bicyclic) bond motifs is 1. The summed E-state index contributed by atoms with van der Waals surface area (Å²) in [5.41, 5.74) is 2.32. The maximum Gasteiger partial charge on any atom is 0.253 e. The van der Waals surface area contributed by atoms with Crippen molar-refractivity contribution in [3.63, 3.8) is 0 Å². The maximum absolute atomic E-state index is 12.7. The fraction of sp³-hybridized carbons (Fsp3) is 0.500. The minimum Gasteiger partial charge on any atom is -0.372 e. The Kier molecular flexibility index (Phi) is 7.79. The number of hydrogen-bond donors (Lipinski definition) is 2. The minimum absolute atomic E-state index is 0. The normalized spacial score (nSPS) is 17.5. The number of halogens is 2. The largest absolute Gasteiger partial charge is 0.372 e. The minimum atomic E-state index is -0.00540. The second-order valence-electron chi connectivity index (χ2n) is 5.85. The van der Waals surface area contributed by atoms with Crippen molar-refractivity contribution in [3.8, 4) is 0 Å². The Morgan fingerprint density at radius 3 is 2.71 bits per heavy atom. The van der Waals surface area contributed by atoms with Gasteiger partial charge in [0.2, 0.25) is 5.91 Å². The van der Waals surface area contributed by atoms with E-state index in [9.17, 15) is 9.59 Å². The van der Waals surface area contributed by atoms with E-state index < -0.39 is 0 Å². The molecule has 0 saturated carbocycles. The summed E-state index contributed by atoms with van der Waals surface area (Å²) in [6.07, 6.45) is 1.43. The highest BCUT2D eigenvalue weighted by Gasteiger charge is 2.21. The number of amides is 2. The monoisotopic (exact) mass is 374 g/mol. The summed E-state index contributed by atoms with van der Waals surface area (Å²) in [7, 11) is 1.96. The molecular weight excluding hydrogens is 351 g/mol. The van der Waals surface area contributed by atoms with Gasteiger partial charge in [0.15, 0.2) is 0 Å². The van der Waals surface area contributed by atoms with E-state index in [0.717, 1.165) is 44.0 Å². The first kappa shape index (κ1) is 20.5. The van der Waals surface area contributed by atoms with Crippen LogP contribution in [0.3, 0.4) is 0 Å². The molecule has 0 radical (unpaired) electrons. The van der Waals surface area contributed by atoms with Crippen LogP contribution in [0.1, 0.15) is 23.2 Å². The Morgan fingerprint density at radius 2 is 1.92 bits per heavy atom. The van der Waals surface area contributed by atoms with Gasteiger partial charge in [-0.3, -0.25) is 9.59 Å². The van der Waals surface area contributed by atoms with E-state index in [4.69, 9.17) is 0 Å². The molecule has 0 aromatic heterocycles. The summed E-state index contributed by atoms with van der Waals surface area (Å²) in [6, 6.07) is 5.58. The maximum atomic E-state index is 12.7. The zero-order valence-electron chi connectivity index (χ0n) is 13.7. The highest BCUT2D eigenvalue weighted by atomic mass is 35.5. The predicted molar refractivity (Wildman–Crippen MR) is 101 cm³/mol. The molecule has 2 aliphatic heterocycles. The predicted octanol–water partition coefficient (Wildman–Crippen LogP) is 1.74. The van der Waals surface area contributed by atoms with Crippen molar-refractivity contribution in [2.45, 2.75) is 12.8 Å². The summed E-state index contributed by atoms with van der Waals surface area (Å²) in [6.45, 7) is 3.96. The first-order valence-corrected chi connectivity index (χ1v) is 7.80. The van der Waals surface area contributed by atoms with Crippen molar-refractivity contribution in [3.05, 3.63) is 23.8 Å². The average molecular weight is 375 g/mol. The van der Waals surface area contributed by atoms with Crippen LogP contribution in [0, 0.1) is 0 Å². The van der Waals surface area contributed by atoms with E-state index in [1.54, 1.807) is 6.07 Å². The lowest BCUT2D eigenvalue weighted by Crippen LogP contribution is -2.34. The van der Waals surface area contributed by atoms with E-state index in [0.29, 0.717) is 18.5 Å². The number of nitrogens with one attached hydrogen (secondary N) is 2. The van der Waals surface area contributed by atoms with Crippen LogP contribution in [0.15, 0.2) is 18.2 Å². The number of anilines is 2. The van der Waals surface area contributed by atoms with Crippen molar-refractivity contribution in [1.29, 1.82) is 0 Å². The van der Waals surface area contributed by atoms with Gasteiger partial charge in [-0.15, -0.1) is 24.8 Å². The van der Waals surface area contributed by atoms with E-state index in [2.05, 4.69) is 10.6 Å². The molecule has 0 atom stereocenters. The molecule has 2 heterocycles. The van der Waals surface area contributed by atoms with Gasteiger partial charge < -0.3 is 20.4 Å². The fourth-order valence-corrected chi connectivity index (χ4v) is 2.94.